The third-order valence-electron chi connectivity index (χ3n) is 0. The highest BCUT2D eigenvalue weighted by atomic mass is 13.7. The largest absolute Gasteiger partial charge is 0.0776 e. The Bertz CT molecular complexity index is 4.75. The molecule has 0 amide bonds. The van der Waals surface area contributed by atoms with Crippen LogP contribution in [0.15, 0.2) is 0 Å². The van der Waals surface area contributed by atoms with E-state index in [0.717, 1.165) is 5.92 Å². The molecule has 0 radical (unpaired) electrons. The zero-order chi connectivity index (χ0) is 3.58. The molecule has 0 aliphatic carbocycles. The summed E-state index contributed by atoms with van der Waals surface area (Å²) < 4.78 is 0. The van der Waals surface area contributed by atoms with E-state index in [-0.39, 0.29) is 14.9 Å². The van der Waals surface area contributed by atoms with E-state index in [1.54, 1.807) is 0 Å². The second-order valence-corrected chi connectivity index (χ2v) is 1.73. The molecule has 0 rings (SSSR count). The zero-order valence-corrected chi connectivity index (χ0v) is 3.58. The molecule has 0 atom stereocenters. The van der Waals surface area contributed by atoms with Gasteiger partial charge >= 0.3 is 0 Å². The second-order valence-electron chi connectivity index (χ2n) is 1.73. The second kappa shape index (κ2) is 8.89. The number of hydrogen-bond donors (Lipinski definition) is 0. The van der Waals surface area contributed by atoms with Gasteiger partial charge in [0.25, 0.3) is 0 Å². The van der Waals surface area contributed by atoms with Gasteiger partial charge in [-0.2, -0.15) is 0 Å². The quantitative estimate of drug-likeness (QED) is 0.429. The maximum Gasteiger partial charge on any atom is -0.0500 e. The maximum atomic E-state index is 2.17. The van der Waals surface area contributed by atoms with Crippen LogP contribution in [-0.2, 0) is 0 Å². The maximum absolute atomic E-state index is 2.17. The summed E-state index contributed by atoms with van der Waals surface area (Å²) in [6, 6.07) is 0. The third kappa shape index (κ3) is 0. The predicted molar refractivity (Wildman–Crippen MR) is 34.0 cm³/mol. The van der Waals surface area contributed by atoms with Gasteiger partial charge in [0, 0.05) is 0 Å². The van der Waals surface area contributed by atoms with Crippen LogP contribution in [0.3, 0.4) is 0 Å². The minimum Gasteiger partial charge on any atom is -0.0776 e. The van der Waals surface area contributed by atoms with E-state index in [1.165, 1.54) is 0 Å². The molecule has 0 bridgehead atoms. The monoisotopic (exact) mass is 90.1 g/mol. The summed E-state index contributed by atoms with van der Waals surface area (Å²) >= 11 is 0. The standard InChI is InChI=1S/C4H10.2CH4/c1-4(2)3;;/h4H,1-3H3;2*1H4. The molecule has 0 spiro atoms. The summed E-state index contributed by atoms with van der Waals surface area (Å²) in [6.07, 6.45) is 0. The molecule has 0 aromatic rings. The zero-order valence-electron chi connectivity index (χ0n) is 3.58. The average molecular weight is 90.2 g/mol. The summed E-state index contributed by atoms with van der Waals surface area (Å²) in [5, 5.41) is 0. The molecule has 0 heteroatoms. The van der Waals surface area contributed by atoms with Gasteiger partial charge in [0.15, 0.2) is 0 Å². The Morgan fingerprint density at radius 1 is 0.833 bits per heavy atom. The van der Waals surface area contributed by atoms with E-state index < -0.39 is 0 Å². The number of rotatable bonds is 0. The molecule has 0 heterocycles. The van der Waals surface area contributed by atoms with Gasteiger partial charge in [0.1, 0.15) is 0 Å². The molecular weight excluding hydrogens is 72.1 g/mol. The van der Waals surface area contributed by atoms with Gasteiger partial charge < -0.3 is 0 Å². The van der Waals surface area contributed by atoms with Gasteiger partial charge in [-0.05, 0) is 5.92 Å². The summed E-state index contributed by atoms with van der Waals surface area (Å²) in [4.78, 5) is 0. The van der Waals surface area contributed by atoms with Gasteiger partial charge in [-0.25, -0.2) is 0 Å². The first-order valence-electron chi connectivity index (χ1n) is 1.73. The number of hydrogen-bond acceptors (Lipinski definition) is 0. The van der Waals surface area contributed by atoms with E-state index >= 15 is 0 Å². The van der Waals surface area contributed by atoms with Crippen molar-refractivity contribution in [2.75, 3.05) is 0 Å². The van der Waals surface area contributed by atoms with E-state index in [2.05, 4.69) is 20.8 Å². The minimum absolute atomic E-state index is 0. The first-order chi connectivity index (χ1) is 1.73. The Balaban J connectivity index is -0.0000000450. The van der Waals surface area contributed by atoms with E-state index in [1.807, 2.05) is 0 Å². The first-order valence-corrected chi connectivity index (χ1v) is 1.73. The van der Waals surface area contributed by atoms with Crippen molar-refractivity contribution in [3.8, 4) is 0 Å². The van der Waals surface area contributed by atoms with Gasteiger partial charge in [0.05, 0.1) is 0 Å². The lowest BCUT2D eigenvalue weighted by Gasteiger charge is -1.79. The van der Waals surface area contributed by atoms with Crippen molar-refractivity contribution in [1.82, 2.24) is 0 Å². The fraction of sp³-hybridized carbons (Fsp3) is 1.00. The fourth-order valence-corrected chi connectivity index (χ4v) is 0. The van der Waals surface area contributed by atoms with Crippen LogP contribution in [0.5, 0.6) is 0 Å². The van der Waals surface area contributed by atoms with Crippen molar-refractivity contribution < 1.29 is 0 Å². The lowest BCUT2D eigenvalue weighted by atomic mass is 10.3. The predicted octanol–water partition coefficient (Wildman–Crippen LogP) is 2.93. The van der Waals surface area contributed by atoms with Crippen LogP contribution in [0.4, 0.5) is 0 Å². The lowest BCUT2D eigenvalue weighted by molar-refractivity contribution is 0.737. The smallest absolute Gasteiger partial charge is 0.0500 e. The van der Waals surface area contributed by atoms with Crippen LogP contribution < -0.4 is 0 Å². The Morgan fingerprint density at radius 3 is 0.833 bits per heavy atom. The average Bonchev–Trinajstić information content (AvgIpc) is 0.811. The van der Waals surface area contributed by atoms with Crippen molar-refractivity contribution >= 4 is 0 Å². The van der Waals surface area contributed by atoms with E-state index in [9.17, 15) is 0 Å². The van der Waals surface area contributed by atoms with E-state index in [4.69, 9.17) is 0 Å². The van der Waals surface area contributed by atoms with Crippen LogP contribution in [0.1, 0.15) is 35.6 Å². The molecule has 0 aliphatic heterocycles. The first kappa shape index (κ1) is 16.7. The van der Waals surface area contributed by atoms with Crippen LogP contribution in [0.2, 0.25) is 0 Å². The van der Waals surface area contributed by atoms with Crippen LogP contribution in [0, 0.1) is 5.92 Å². The summed E-state index contributed by atoms with van der Waals surface area (Å²) in [5.41, 5.74) is 0. The SMILES string of the molecule is C.C.CC(C)C. The fourth-order valence-electron chi connectivity index (χ4n) is 0. The molecule has 0 nitrogen and oxygen atoms in total. The highest BCUT2D eigenvalue weighted by Gasteiger charge is 1.68. The Labute approximate surface area is 42.6 Å². The van der Waals surface area contributed by atoms with Crippen molar-refractivity contribution in [2.45, 2.75) is 35.6 Å². The molecule has 6 heavy (non-hydrogen) atoms. The summed E-state index contributed by atoms with van der Waals surface area (Å²) in [5.74, 6) is 0.833. The van der Waals surface area contributed by atoms with Crippen molar-refractivity contribution in [3.63, 3.8) is 0 Å². The molecule has 0 aromatic carbocycles. The lowest BCUT2D eigenvalue weighted by Crippen LogP contribution is -1.66. The Kier molecular flexibility index (Phi) is 24.7. The highest BCUT2D eigenvalue weighted by Crippen LogP contribution is 1.81. The minimum atomic E-state index is 0. The molecule has 0 N–H and O–H groups in total. The molecule has 0 saturated carbocycles. The van der Waals surface area contributed by atoms with Crippen molar-refractivity contribution in [3.05, 3.63) is 0 Å². The van der Waals surface area contributed by atoms with E-state index in [0.29, 0.717) is 0 Å². The van der Waals surface area contributed by atoms with Gasteiger partial charge in [-0.1, -0.05) is 35.6 Å². The molecule has 0 saturated heterocycles. The topological polar surface area (TPSA) is 0 Å². The normalized spacial score (nSPS) is 6.00. The Morgan fingerprint density at radius 2 is 0.833 bits per heavy atom. The van der Waals surface area contributed by atoms with Gasteiger partial charge in [0.2, 0.25) is 0 Å². The van der Waals surface area contributed by atoms with Crippen molar-refractivity contribution in [1.29, 1.82) is 0 Å². The van der Waals surface area contributed by atoms with Gasteiger partial charge in [-0.3, -0.25) is 0 Å². The van der Waals surface area contributed by atoms with Crippen molar-refractivity contribution in [2.24, 2.45) is 5.92 Å². The Hall–Kier alpha value is 0. The molecule has 42 valence electrons. The van der Waals surface area contributed by atoms with Gasteiger partial charge in [-0.15, -0.1) is 0 Å². The summed E-state index contributed by atoms with van der Waals surface area (Å²) in [7, 11) is 0. The van der Waals surface area contributed by atoms with Crippen LogP contribution in [-0.4, -0.2) is 0 Å². The molecule has 0 fully saturated rings. The summed E-state index contributed by atoms with van der Waals surface area (Å²) in [6.45, 7) is 6.50. The van der Waals surface area contributed by atoms with Crippen LogP contribution >= 0.6 is 0 Å². The molecule has 0 unspecified atom stereocenters. The molecular formula is C6H18. The highest BCUT2D eigenvalue weighted by molar-refractivity contribution is 4.20. The third-order valence-corrected chi connectivity index (χ3v) is 0. The molecule has 0 aliphatic rings. The molecule has 0 aromatic heterocycles. The van der Waals surface area contributed by atoms with Crippen LogP contribution in [0.25, 0.3) is 0 Å².